The number of carbonyl (C=O) groups is 1. The Kier molecular flexibility index (Phi) is 5.08. The number of nitrogens with one attached hydrogen (secondary N) is 2. The molecule has 10 heteroatoms. The summed E-state index contributed by atoms with van der Waals surface area (Å²) in [6.07, 6.45) is 0. The Morgan fingerprint density at radius 1 is 1.00 bits per heavy atom. The Hall–Kier alpha value is -4.83. The van der Waals surface area contributed by atoms with E-state index in [2.05, 4.69) is 25.6 Å². The topological polar surface area (TPSA) is 136 Å². The number of thiophene rings is 1. The molecule has 2 aromatic carbocycles. The molecule has 36 heavy (non-hydrogen) atoms. The third-order valence-corrected chi connectivity index (χ3v) is 6.56. The first kappa shape index (κ1) is 21.7. The number of nitrogens with zero attached hydrogens (tertiary/aromatic N) is 3. The quantitative estimate of drug-likeness (QED) is 0.303. The van der Waals surface area contributed by atoms with Gasteiger partial charge in [0, 0.05) is 11.5 Å². The number of hydrogen-bond acceptors (Lipinski definition) is 9. The van der Waals surface area contributed by atoms with Gasteiger partial charge in [-0.05, 0) is 42.0 Å². The summed E-state index contributed by atoms with van der Waals surface area (Å²) in [6.45, 7) is 1.97. The molecule has 4 N–H and O–H groups in total. The van der Waals surface area contributed by atoms with E-state index in [0.29, 0.717) is 28.1 Å². The lowest BCUT2D eigenvalue weighted by Gasteiger charge is -2.12. The first-order valence-corrected chi connectivity index (χ1v) is 11.9. The van der Waals surface area contributed by atoms with E-state index < -0.39 is 5.91 Å². The Bertz CT molecular complexity index is 1880. The van der Waals surface area contributed by atoms with Crippen molar-refractivity contribution in [2.24, 2.45) is 0 Å². The van der Waals surface area contributed by atoms with Gasteiger partial charge in [0.1, 0.15) is 23.0 Å². The van der Waals surface area contributed by atoms with E-state index in [9.17, 15) is 9.59 Å². The molecule has 0 spiro atoms. The standard InChI is InChI=1S/C26H18N6O3S/c1-13-6-7-15-14(10-13)11-20(29-21-12-18(33)16-4-2-3-5-19(16)35-21)30-24(15)32-26(34)25-28-17-8-9-36-22(17)23(27)31-25/h2-12H,1H3,(H2,27,28,31)(H2,29,30,32,34). The molecule has 176 valence electrons. The summed E-state index contributed by atoms with van der Waals surface area (Å²) < 4.78 is 6.58. The molecule has 9 nitrogen and oxygen atoms in total. The molecule has 0 unspecified atom stereocenters. The minimum atomic E-state index is -0.543. The molecule has 4 heterocycles. The predicted molar refractivity (Wildman–Crippen MR) is 142 cm³/mol. The van der Waals surface area contributed by atoms with Crippen molar-refractivity contribution in [2.45, 2.75) is 6.92 Å². The largest absolute Gasteiger partial charge is 0.440 e. The van der Waals surface area contributed by atoms with E-state index in [1.807, 2.05) is 36.6 Å². The first-order chi connectivity index (χ1) is 17.4. The van der Waals surface area contributed by atoms with Crippen molar-refractivity contribution >= 4 is 72.5 Å². The van der Waals surface area contributed by atoms with Gasteiger partial charge in [-0.1, -0.05) is 35.9 Å². The van der Waals surface area contributed by atoms with Crippen molar-refractivity contribution in [3.8, 4) is 0 Å². The van der Waals surface area contributed by atoms with Gasteiger partial charge >= 0.3 is 0 Å². The van der Waals surface area contributed by atoms with Crippen LogP contribution >= 0.6 is 11.3 Å². The van der Waals surface area contributed by atoms with Crippen molar-refractivity contribution in [1.29, 1.82) is 0 Å². The summed E-state index contributed by atoms with van der Waals surface area (Å²) in [5.41, 5.74) is 7.94. The Morgan fingerprint density at radius 2 is 1.86 bits per heavy atom. The zero-order valence-corrected chi connectivity index (χ0v) is 19.7. The van der Waals surface area contributed by atoms with Gasteiger partial charge < -0.3 is 20.8 Å². The van der Waals surface area contributed by atoms with E-state index in [-0.39, 0.29) is 23.0 Å². The maximum absolute atomic E-state index is 13.1. The van der Waals surface area contributed by atoms with Crippen molar-refractivity contribution in [1.82, 2.24) is 15.0 Å². The van der Waals surface area contributed by atoms with Gasteiger partial charge in [-0.25, -0.2) is 15.0 Å². The molecule has 4 aromatic heterocycles. The number of nitrogen functional groups attached to an aromatic ring is 1. The molecule has 6 rings (SSSR count). The summed E-state index contributed by atoms with van der Waals surface area (Å²) in [4.78, 5) is 38.7. The number of benzene rings is 2. The molecule has 0 aliphatic carbocycles. The fourth-order valence-corrected chi connectivity index (χ4v) is 4.71. The molecular weight excluding hydrogens is 476 g/mol. The van der Waals surface area contributed by atoms with Crippen molar-refractivity contribution in [3.63, 3.8) is 0 Å². The van der Waals surface area contributed by atoms with Crippen LogP contribution in [-0.2, 0) is 0 Å². The summed E-state index contributed by atoms with van der Waals surface area (Å²) in [5, 5.41) is 9.75. The van der Waals surface area contributed by atoms with Crippen LogP contribution in [0.25, 0.3) is 32.0 Å². The molecule has 0 fully saturated rings. The molecular formula is C26H18N6O3S. The highest BCUT2D eigenvalue weighted by molar-refractivity contribution is 7.17. The second-order valence-electron chi connectivity index (χ2n) is 8.20. The van der Waals surface area contributed by atoms with Gasteiger partial charge in [0.05, 0.1) is 15.6 Å². The Morgan fingerprint density at radius 3 is 2.75 bits per heavy atom. The number of rotatable bonds is 4. The number of hydrogen-bond donors (Lipinski definition) is 3. The summed E-state index contributed by atoms with van der Waals surface area (Å²) >= 11 is 1.41. The lowest BCUT2D eigenvalue weighted by molar-refractivity contribution is 0.101. The summed E-state index contributed by atoms with van der Waals surface area (Å²) in [7, 11) is 0. The van der Waals surface area contributed by atoms with Crippen LogP contribution in [0.15, 0.2) is 75.3 Å². The minimum absolute atomic E-state index is 0.0562. The van der Waals surface area contributed by atoms with Crippen molar-refractivity contribution < 1.29 is 9.21 Å². The Labute approximate surface area is 207 Å². The second kappa shape index (κ2) is 8.43. The fraction of sp³-hybridized carbons (Fsp3) is 0.0385. The third-order valence-electron chi connectivity index (χ3n) is 5.64. The van der Waals surface area contributed by atoms with Crippen LogP contribution in [-0.4, -0.2) is 20.9 Å². The molecule has 0 bridgehead atoms. The average Bonchev–Trinajstić information content (AvgIpc) is 3.33. The smallest absolute Gasteiger partial charge is 0.294 e. The van der Waals surface area contributed by atoms with Crippen LogP contribution in [0, 0.1) is 6.92 Å². The number of nitrogens with two attached hydrogens (primary N) is 1. The van der Waals surface area contributed by atoms with Crippen LogP contribution in [0.1, 0.15) is 16.2 Å². The van der Waals surface area contributed by atoms with Gasteiger partial charge in [0.15, 0.2) is 5.43 Å². The van der Waals surface area contributed by atoms with E-state index in [1.54, 1.807) is 30.3 Å². The predicted octanol–water partition coefficient (Wildman–Crippen LogP) is 5.23. The van der Waals surface area contributed by atoms with E-state index >= 15 is 0 Å². The lowest BCUT2D eigenvalue weighted by Crippen LogP contribution is -2.18. The molecule has 0 aliphatic heterocycles. The second-order valence-corrected chi connectivity index (χ2v) is 9.11. The van der Waals surface area contributed by atoms with Crippen molar-refractivity contribution in [3.05, 3.63) is 87.7 Å². The van der Waals surface area contributed by atoms with Gasteiger partial charge in [0.25, 0.3) is 5.91 Å². The van der Waals surface area contributed by atoms with Gasteiger partial charge in [-0.3, -0.25) is 9.59 Å². The van der Waals surface area contributed by atoms with Crippen LogP contribution in [0.2, 0.25) is 0 Å². The average molecular weight is 495 g/mol. The monoisotopic (exact) mass is 494 g/mol. The summed E-state index contributed by atoms with van der Waals surface area (Å²) in [5.74, 6) is 0.564. The summed E-state index contributed by atoms with van der Waals surface area (Å²) in [6, 6.07) is 17.8. The highest BCUT2D eigenvalue weighted by Gasteiger charge is 2.17. The van der Waals surface area contributed by atoms with Crippen LogP contribution < -0.4 is 21.8 Å². The van der Waals surface area contributed by atoms with E-state index in [0.717, 1.165) is 21.0 Å². The number of aryl methyl sites for hydroxylation is 1. The van der Waals surface area contributed by atoms with Gasteiger partial charge in [-0.15, -0.1) is 11.3 Å². The molecule has 0 aliphatic rings. The zero-order valence-electron chi connectivity index (χ0n) is 18.9. The molecule has 0 atom stereocenters. The zero-order chi connectivity index (χ0) is 24.8. The maximum Gasteiger partial charge on any atom is 0.294 e. The van der Waals surface area contributed by atoms with E-state index in [1.165, 1.54) is 17.4 Å². The SMILES string of the molecule is Cc1ccc2c(NC(=O)c3nc(N)c4sccc4n3)nc(Nc3cc(=O)c4ccccc4o3)cc2c1. The van der Waals surface area contributed by atoms with E-state index in [4.69, 9.17) is 10.2 Å². The number of anilines is 4. The van der Waals surface area contributed by atoms with Crippen molar-refractivity contribution in [2.75, 3.05) is 16.4 Å². The van der Waals surface area contributed by atoms with Crippen LogP contribution in [0.5, 0.6) is 0 Å². The minimum Gasteiger partial charge on any atom is -0.440 e. The lowest BCUT2D eigenvalue weighted by atomic mass is 10.1. The third kappa shape index (κ3) is 3.89. The van der Waals surface area contributed by atoms with Crippen LogP contribution in [0.4, 0.5) is 23.3 Å². The molecule has 0 saturated heterocycles. The normalized spacial score (nSPS) is 11.2. The highest BCUT2D eigenvalue weighted by Crippen LogP contribution is 2.29. The molecule has 0 saturated carbocycles. The maximum atomic E-state index is 13.1. The first-order valence-electron chi connectivity index (χ1n) is 11.0. The number of amides is 1. The number of aromatic nitrogens is 3. The molecule has 0 radical (unpaired) electrons. The van der Waals surface area contributed by atoms with Gasteiger partial charge in [-0.2, -0.15) is 0 Å². The number of fused-ring (bicyclic) bond motifs is 3. The van der Waals surface area contributed by atoms with Crippen LogP contribution in [0.3, 0.4) is 0 Å². The molecule has 1 amide bonds. The van der Waals surface area contributed by atoms with Gasteiger partial charge in [0.2, 0.25) is 11.7 Å². The number of para-hydroxylation sites is 1. The number of carbonyl (C=O) groups excluding carboxylic acids is 1. The fourth-order valence-electron chi connectivity index (χ4n) is 3.98. The Balaban J connectivity index is 1.40. The highest BCUT2D eigenvalue weighted by atomic mass is 32.1. The number of pyridine rings is 1. The molecule has 6 aromatic rings.